The van der Waals surface area contributed by atoms with E-state index in [1.807, 2.05) is 0 Å². The second kappa shape index (κ2) is 7.17. The molecule has 2 nitrogen and oxygen atoms in total. The number of Topliss-reactive ketones (excluding diaryl/α,β-unsaturated/α-hetero) is 1. The molecule has 21 heavy (non-hydrogen) atoms. The second-order valence-corrected chi connectivity index (χ2v) is 5.25. The highest BCUT2D eigenvalue weighted by Crippen LogP contribution is 2.26. The van der Waals surface area contributed by atoms with E-state index in [1.54, 1.807) is 24.3 Å². The molecule has 0 spiro atoms. The van der Waals surface area contributed by atoms with Gasteiger partial charge in [0.1, 0.15) is 5.82 Å². The number of nitrogens with one attached hydrogen (secondary N) is 1. The zero-order valence-electron chi connectivity index (χ0n) is 10.9. The van der Waals surface area contributed by atoms with Crippen molar-refractivity contribution in [2.75, 3.05) is 11.9 Å². The first-order chi connectivity index (χ1) is 10.0. The van der Waals surface area contributed by atoms with E-state index in [0.717, 1.165) is 0 Å². The van der Waals surface area contributed by atoms with Crippen molar-refractivity contribution in [2.24, 2.45) is 0 Å². The minimum Gasteiger partial charge on any atom is -0.378 e. The van der Waals surface area contributed by atoms with Crippen molar-refractivity contribution in [1.82, 2.24) is 0 Å². The Kier molecular flexibility index (Phi) is 5.27. The summed E-state index contributed by atoms with van der Waals surface area (Å²) in [6.45, 7) is 0.0486. The van der Waals surface area contributed by atoms with Crippen LogP contribution in [0.1, 0.15) is 10.4 Å². The Hall–Kier alpha value is -1.95. The SMILES string of the molecule is O=C(CNc1ccc(SC(F)F)cc1)c1ccc(F)cc1. The average molecular weight is 311 g/mol. The Bertz CT molecular complexity index is 599. The first kappa shape index (κ1) is 15.4. The van der Waals surface area contributed by atoms with Crippen LogP contribution in [0.15, 0.2) is 53.4 Å². The van der Waals surface area contributed by atoms with Gasteiger partial charge in [-0.15, -0.1) is 0 Å². The number of benzene rings is 2. The monoisotopic (exact) mass is 311 g/mol. The minimum absolute atomic E-state index is 0.0486. The molecule has 1 N–H and O–H groups in total. The van der Waals surface area contributed by atoms with Crippen LogP contribution < -0.4 is 5.32 Å². The summed E-state index contributed by atoms with van der Waals surface area (Å²) in [5.41, 5.74) is 1.07. The maximum absolute atomic E-state index is 12.7. The van der Waals surface area contributed by atoms with E-state index in [0.29, 0.717) is 27.9 Å². The van der Waals surface area contributed by atoms with E-state index in [2.05, 4.69) is 5.32 Å². The van der Waals surface area contributed by atoms with Gasteiger partial charge in [-0.25, -0.2) is 4.39 Å². The van der Waals surface area contributed by atoms with Crippen LogP contribution in [0.4, 0.5) is 18.9 Å². The van der Waals surface area contributed by atoms with Crippen LogP contribution in [-0.2, 0) is 0 Å². The molecule has 0 heterocycles. The van der Waals surface area contributed by atoms with Crippen molar-refractivity contribution in [1.29, 1.82) is 0 Å². The standard InChI is InChI=1S/C15H12F3NOS/c16-11-3-1-10(2-4-11)14(20)9-19-12-5-7-13(8-6-12)21-15(17)18/h1-8,15,19H,9H2. The molecular weight excluding hydrogens is 299 g/mol. The predicted molar refractivity (Wildman–Crippen MR) is 77.5 cm³/mol. The summed E-state index contributed by atoms with van der Waals surface area (Å²) < 4.78 is 37.1. The van der Waals surface area contributed by atoms with Gasteiger partial charge < -0.3 is 5.32 Å². The summed E-state index contributed by atoms with van der Waals surface area (Å²) in [7, 11) is 0. The van der Waals surface area contributed by atoms with Crippen molar-refractivity contribution in [3.8, 4) is 0 Å². The maximum Gasteiger partial charge on any atom is 0.288 e. The molecule has 0 saturated carbocycles. The van der Waals surface area contributed by atoms with Crippen LogP contribution in [0.5, 0.6) is 0 Å². The van der Waals surface area contributed by atoms with E-state index < -0.39 is 11.6 Å². The van der Waals surface area contributed by atoms with Crippen LogP contribution in [0.3, 0.4) is 0 Å². The fraction of sp³-hybridized carbons (Fsp3) is 0.133. The minimum atomic E-state index is -2.45. The van der Waals surface area contributed by atoms with Gasteiger partial charge in [0.2, 0.25) is 0 Å². The number of anilines is 1. The molecule has 2 aromatic carbocycles. The molecule has 0 radical (unpaired) electrons. The van der Waals surface area contributed by atoms with Crippen molar-refractivity contribution < 1.29 is 18.0 Å². The number of hydrogen-bond acceptors (Lipinski definition) is 3. The van der Waals surface area contributed by atoms with E-state index >= 15 is 0 Å². The second-order valence-electron chi connectivity index (χ2n) is 4.19. The van der Waals surface area contributed by atoms with Crippen LogP contribution in [0, 0.1) is 5.82 Å². The molecule has 0 aliphatic rings. The van der Waals surface area contributed by atoms with Crippen LogP contribution >= 0.6 is 11.8 Å². The normalized spacial score (nSPS) is 10.7. The first-order valence-corrected chi connectivity index (χ1v) is 7.00. The van der Waals surface area contributed by atoms with Crippen molar-refractivity contribution in [3.63, 3.8) is 0 Å². The lowest BCUT2D eigenvalue weighted by Gasteiger charge is -2.07. The summed E-state index contributed by atoms with van der Waals surface area (Å²) in [5, 5.41) is 2.90. The number of ketones is 1. The molecule has 110 valence electrons. The molecule has 0 atom stereocenters. The average Bonchev–Trinajstić information content (AvgIpc) is 2.46. The lowest BCUT2D eigenvalue weighted by atomic mass is 10.1. The van der Waals surface area contributed by atoms with E-state index in [-0.39, 0.29) is 12.3 Å². The third-order valence-electron chi connectivity index (χ3n) is 2.70. The molecule has 0 amide bonds. The highest BCUT2D eigenvalue weighted by molar-refractivity contribution is 7.99. The fourth-order valence-corrected chi connectivity index (χ4v) is 2.17. The Morgan fingerprint density at radius 1 is 1.05 bits per heavy atom. The van der Waals surface area contributed by atoms with Gasteiger partial charge in [-0.3, -0.25) is 4.79 Å². The topological polar surface area (TPSA) is 29.1 Å². The van der Waals surface area contributed by atoms with Gasteiger partial charge >= 0.3 is 0 Å². The van der Waals surface area contributed by atoms with Gasteiger partial charge in [0, 0.05) is 16.1 Å². The molecule has 0 fully saturated rings. The molecule has 0 aliphatic carbocycles. The van der Waals surface area contributed by atoms with Crippen molar-refractivity contribution in [2.45, 2.75) is 10.7 Å². The smallest absolute Gasteiger partial charge is 0.288 e. The lowest BCUT2D eigenvalue weighted by molar-refractivity contribution is 0.101. The quantitative estimate of drug-likeness (QED) is 0.632. The van der Waals surface area contributed by atoms with Gasteiger partial charge in [0.25, 0.3) is 5.76 Å². The van der Waals surface area contributed by atoms with E-state index in [9.17, 15) is 18.0 Å². The summed E-state index contributed by atoms with van der Waals surface area (Å²) in [5.74, 6) is -3.03. The molecule has 0 unspecified atom stereocenters. The van der Waals surface area contributed by atoms with Gasteiger partial charge in [0.15, 0.2) is 5.78 Å². The van der Waals surface area contributed by atoms with E-state index in [1.165, 1.54) is 24.3 Å². The first-order valence-electron chi connectivity index (χ1n) is 6.12. The zero-order chi connectivity index (χ0) is 15.2. The largest absolute Gasteiger partial charge is 0.378 e. The molecule has 2 aromatic rings. The number of carbonyl (C=O) groups excluding carboxylic acids is 1. The Morgan fingerprint density at radius 2 is 1.67 bits per heavy atom. The highest BCUT2D eigenvalue weighted by atomic mass is 32.2. The third-order valence-corrected chi connectivity index (χ3v) is 3.42. The number of thioether (sulfide) groups is 1. The van der Waals surface area contributed by atoms with E-state index in [4.69, 9.17) is 0 Å². The molecule has 0 aliphatic heterocycles. The number of carbonyl (C=O) groups is 1. The predicted octanol–water partition coefficient (Wildman–Crippen LogP) is 4.44. The summed E-state index contributed by atoms with van der Waals surface area (Å²) in [4.78, 5) is 12.3. The Morgan fingerprint density at radius 3 is 2.24 bits per heavy atom. The highest BCUT2D eigenvalue weighted by Gasteiger charge is 2.07. The number of halogens is 3. The summed E-state index contributed by atoms with van der Waals surface area (Å²) >= 11 is 0.466. The number of alkyl halides is 2. The molecule has 0 saturated heterocycles. The van der Waals surface area contributed by atoms with Gasteiger partial charge in [-0.05, 0) is 48.5 Å². The third kappa shape index (κ3) is 4.82. The maximum atomic E-state index is 12.7. The van der Waals surface area contributed by atoms with Crippen molar-refractivity contribution in [3.05, 3.63) is 59.9 Å². The summed E-state index contributed by atoms with van der Waals surface area (Å²) in [6.07, 6.45) is 0. The Balaban J connectivity index is 1.90. The molecule has 2 rings (SSSR count). The summed E-state index contributed by atoms with van der Waals surface area (Å²) in [6, 6.07) is 11.7. The molecule has 0 aromatic heterocycles. The van der Waals surface area contributed by atoms with Crippen molar-refractivity contribution >= 4 is 23.2 Å². The fourth-order valence-electron chi connectivity index (χ4n) is 1.67. The lowest BCUT2D eigenvalue weighted by Crippen LogP contribution is -2.13. The molecular formula is C15H12F3NOS. The zero-order valence-corrected chi connectivity index (χ0v) is 11.7. The van der Waals surface area contributed by atoms with Crippen LogP contribution in [0.2, 0.25) is 0 Å². The Labute approximate surface area is 124 Å². The van der Waals surface area contributed by atoms with Crippen LogP contribution in [0.25, 0.3) is 0 Å². The van der Waals surface area contributed by atoms with Gasteiger partial charge in [-0.1, -0.05) is 11.8 Å². The number of hydrogen-bond donors (Lipinski definition) is 1. The van der Waals surface area contributed by atoms with Crippen LogP contribution in [-0.4, -0.2) is 18.1 Å². The number of rotatable bonds is 6. The molecule has 6 heteroatoms. The van der Waals surface area contributed by atoms with Gasteiger partial charge in [-0.2, -0.15) is 8.78 Å². The van der Waals surface area contributed by atoms with Gasteiger partial charge in [0.05, 0.1) is 6.54 Å². The molecule has 0 bridgehead atoms.